The SMILES string of the molecule is CC(=O)Nc1ccc(-c2[nH]nc(N)c2Cl)cc1.Cl. The minimum atomic E-state index is -0.110. The molecule has 1 heterocycles. The second-order valence-corrected chi connectivity index (χ2v) is 3.93. The van der Waals surface area contributed by atoms with Crippen LogP contribution in [0.25, 0.3) is 11.3 Å². The summed E-state index contributed by atoms with van der Waals surface area (Å²) in [7, 11) is 0. The van der Waals surface area contributed by atoms with Gasteiger partial charge in [-0.05, 0) is 12.1 Å². The largest absolute Gasteiger partial charge is 0.381 e. The van der Waals surface area contributed by atoms with E-state index in [1.165, 1.54) is 6.92 Å². The maximum absolute atomic E-state index is 10.9. The first-order valence-electron chi connectivity index (χ1n) is 4.95. The molecule has 7 heteroatoms. The van der Waals surface area contributed by atoms with Gasteiger partial charge >= 0.3 is 0 Å². The summed E-state index contributed by atoms with van der Waals surface area (Å²) in [6.07, 6.45) is 0. The lowest BCUT2D eigenvalue weighted by molar-refractivity contribution is -0.114. The van der Waals surface area contributed by atoms with Crippen LogP contribution in [0.3, 0.4) is 0 Å². The molecule has 0 atom stereocenters. The number of hydrogen-bond donors (Lipinski definition) is 3. The van der Waals surface area contributed by atoms with Crippen LogP contribution in [0, 0.1) is 0 Å². The normalized spacial score (nSPS) is 9.67. The lowest BCUT2D eigenvalue weighted by Crippen LogP contribution is -2.05. The van der Waals surface area contributed by atoms with Gasteiger partial charge in [0, 0.05) is 18.2 Å². The second-order valence-electron chi connectivity index (χ2n) is 3.56. The van der Waals surface area contributed by atoms with Crippen LogP contribution in [0.5, 0.6) is 0 Å². The topological polar surface area (TPSA) is 83.8 Å². The fourth-order valence-electron chi connectivity index (χ4n) is 1.46. The van der Waals surface area contributed by atoms with Crippen LogP contribution in [-0.2, 0) is 4.79 Å². The highest BCUT2D eigenvalue weighted by molar-refractivity contribution is 6.35. The number of nitrogens with one attached hydrogen (secondary N) is 2. The van der Waals surface area contributed by atoms with Crippen LogP contribution >= 0.6 is 24.0 Å². The first-order valence-corrected chi connectivity index (χ1v) is 5.33. The third-order valence-corrected chi connectivity index (χ3v) is 2.61. The number of carbonyl (C=O) groups is 1. The average Bonchev–Trinajstić information content (AvgIpc) is 2.60. The second kappa shape index (κ2) is 5.75. The molecule has 0 saturated carbocycles. The van der Waals surface area contributed by atoms with Crippen LogP contribution in [-0.4, -0.2) is 16.1 Å². The number of halogens is 2. The van der Waals surface area contributed by atoms with Crippen LogP contribution in [0.2, 0.25) is 5.02 Å². The summed E-state index contributed by atoms with van der Waals surface area (Å²) < 4.78 is 0. The molecule has 1 aromatic heterocycles. The number of nitrogen functional groups attached to an aromatic ring is 1. The van der Waals surface area contributed by atoms with Crippen molar-refractivity contribution in [3.63, 3.8) is 0 Å². The average molecular weight is 287 g/mol. The molecule has 96 valence electrons. The maximum atomic E-state index is 10.9. The molecule has 1 amide bonds. The predicted molar refractivity (Wildman–Crippen MR) is 75.0 cm³/mol. The van der Waals surface area contributed by atoms with Crippen LogP contribution in [0.15, 0.2) is 24.3 Å². The van der Waals surface area contributed by atoms with Crippen molar-refractivity contribution >= 4 is 41.4 Å². The van der Waals surface area contributed by atoms with E-state index in [1.54, 1.807) is 12.1 Å². The van der Waals surface area contributed by atoms with Crippen molar-refractivity contribution in [1.82, 2.24) is 10.2 Å². The van der Waals surface area contributed by atoms with Crippen molar-refractivity contribution in [3.8, 4) is 11.3 Å². The smallest absolute Gasteiger partial charge is 0.221 e. The van der Waals surface area contributed by atoms with Gasteiger partial charge in [0.25, 0.3) is 0 Å². The fourth-order valence-corrected chi connectivity index (χ4v) is 1.65. The van der Waals surface area contributed by atoms with E-state index in [2.05, 4.69) is 15.5 Å². The van der Waals surface area contributed by atoms with E-state index >= 15 is 0 Å². The van der Waals surface area contributed by atoms with E-state index in [9.17, 15) is 4.79 Å². The zero-order chi connectivity index (χ0) is 12.4. The molecule has 4 N–H and O–H groups in total. The summed E-state index contributed by atoms with van der Waals surface area (Å²) in [5, 5.41) is 9.65. The Morgan fingerprint density at radius 1 is 1.39 bits per heavy atom. The molecule has 1 aromatic carbocycles. The van der Waals surface area contributed by atoms with Crippen LogP contribution in [0.4, 0.5) is 11.5 Å². The molecule has 0 aliphatic heterocycles. The Kier molecular flexibility index (Phi) is 4.58. The maximum Gasteiger partial charge on any atom is 0.221 e. The van der Waals surface area contributed by atoms with Gasteiger partial charge in [0.05, 0.1) is 5.69 Å². The third-order valence-electron chi connectivity index (χ3n) is 2.23. The Morgan fingerprint density at radius 2 is 2.00 bits per heavy atom. The molecule has 2 aromatic rings. The van der Waals surface area contributed by atoms with Crippen molar-refractivity contribution in [2.24, 2.45) is 0 Å². The molecule has 0 unspecified atom stereocenters. The van der Waals surface area contributed by atoms with E-state index in [0.29, 0.717) is 10.7 Å². The van der Waals surface area contributed by atoms with Gasteiger partial charge < -0.3 is 11.1 Å². The molecule has 0 bridgehead atoms. The van der Waals surface area contributed by atoms with Crippen LogP contribution < -0.4 is 11.1 Å². The number of nitrogens with two attached hydrogens (primary N) is 1. The van der Waals surface area contributed by atoms with E-state index < -0.39 is 0 Å². The Labute approximate surface area is 115 Å². The number of amides is 1. The number of H-pyrrole nitrogens is 1. The van der Waals surface area contributed by atoms with Gasteiger partial charge in [-0.1, -0.05) is 23.7 Å². The van der Waals surface area contributed by atoms with Crippen molar-refractivity contribution < 1.29 is 4.79 Å². The molecule has 18 heavy (non-hydrogen) atoms. The molecule has 0 fully saturated rings. The third kappa shape index (κ3) is 2.94. The first kappa shape index (κ1) is 14.3. The highest BCUT2D eigenvalue weighted by Gasteiger charge is 2.09. The van der Waals surface area contributed by atoms with E-state index in [-0.39, 0.29) is 24.1 Å². The van der Waals surface area contributed by atoms with Gasteiger partial charge in [-0.25, -0.2) is 0 Å². The molecular formula is C11H12Cl2N4O. The fraction of sp³-hybridized carbons (Fsp3) is 0.0909. The van der Waals surface area contributed by atoms with Gasteiger partial charge in [-0.15, -0.1) is 12.4 Å². The highest BCUT2D eigenvalue weighted by atomic mass is 35.5. The number of nitrogens with zero attached hydrogens (tertiary/aromatic N) is 1. The van der Waals surface area contributed by atoms with Crippen molar-refractivity contribution in [1.29, 1.82) is 0 Å². The molecule has 0 aliphatic carbocycles. The number of hydrogen-bond acceptors (Lipinski definition) is 3. The standard InChI is InChI=1S/C11H11ClN4O.ClH/c1-6(17)14-8-4-2-7(3-5-8)10-9(12)11(13)16-15-10;/h2-5H,1H3,(H,14,17)(H3,13,15,16);1H. The van der Waals surface area contributed by atoms with Crippen molar-refractivity contribution in [2.45, 2.75) is 6.92 Å². The van der Waals surface area contributed by atoms with Gasteiger partial charge in [-0.3, -0.25) is 9.89 Å². The highest BCUT2D eigenvalue weighted by Crippen LogP contribution is 2.30. The van der Waals surface area contributed by atoms with Gasteiger partial charge in [-0.2, -0.15) is 5.10 Å². The summed E-state index contributed by atoms with van der Waals surface area (Å²) in [4.78, 5) is 10.9. The monoisotopic (exact) mass is 286 g/mol. The number of aromatic amines is 1. The minimum absolute atomic E-state index is 0. The zero-order valence-corrected chi connectivity index (χ0v) is 11.1. The molecular weight excluding hydrogens is 275 g/mol. The molecule has 0 spiro atoms. The lowest BCUT2D eigenvalue weighted by atomic mass is 10.1. The molecule has 0 saturated heterocycles. The van der Waals surface area contributed by atoms with E-state index in [4.69, 9.17) is 17.3 Å². The number of benzene rings is 1. The first-order chi connectivity index (χ1) is 8.08. The van der Waals surface area contributed by atoms with E-state index in [0.717, 1.165) is 11.3 Å². The van der Waals surface area contributed by atoms with Gasteiger partial charge in [0.2, 0.25) is 5.91 Å². The minimum Gasteiger partial charge on any atom is -0.381 e. The summed E-state index contributed by atoms with van der Waals surface area (Å²) >= 11 is 5.98. The summed E-state index contributed by atoms with van der Waals surface area (Å²) in [5.74, 6) is 0.161. The number of aromatic nitrogens is 2. The summed E-state index contributed by atoms with van der Waals surface area (Å²) in [6, 6.07) is 7.21. The van der Waals surface area contributed by atoms with Crippen LogP contribution in [0.1, 0.15) is 6.92 Å². The number of anilines is 2. The zero-order valence-electron chi connectivity index (χ0n) is 9.53. The quantitative estimate of drug-likeness (QED) is 0.794. The lowest BCUT2D eigenvalue weighted by Gasteiger charge is -2.03. The van der Waals surface area contributed by atoms with Gasteiger partial charge in [0.1, 0.15) is 5.02 Å². The molecule has 0 aliphatic rings. The molecule has 5 nitrogen and oxygen atoms in total. The Bertz CT molecular complexity index is 551. The Balaban J connectivity index is 0.00000162. The number of rotatable bonds is 2. The van der Waals surface area contributed by atoms with Gasteiger partial charge in [0.15, 0.2) is 5.82 Å². The van der Waals surface area contributed by atoms with E-state index in [1.807, 2.05) is 12.1 Å². The molecule has 2 rings (SSSR count). The molecule has 0 radical (unpaired) electrons. The Morgan fingerprint density at radius 3 is 2.44 bits per heavy atom. The number of carbonyl (C=O) groups excluding carboxylic acids is 1. The van der Waals surface area contributed by atoms with Crippen molar-refractivity contribution in [3.05, 3.63) is 29.3 Å². The van der Waals surface area contributed by atoms with Crippen molar-refractivity contribution in [2.75, 3.05) is 11.1 Å². The Hall–Kier alpha value is -1.72. The summed E-state index contributed by atoms with van der Waals surface area (Å²) in [6.45, 7) is 1.46. The summed E-state index contributed by atoms with van der Waals surface area (Å²) in [5.41, 5.74) is 7.79. The predicted octanol–water partition coefficient (Wildman–Crippen LogP) is 2.69.